The largest absolute Gasteiger partial charge is 0.381 e. The number of aryl methyl sites for hydroxylation is 1. The van der Waals surface area contributed by atoms with Crippen LogP contribution in [0.25, 0.3) is 0 Å². The average Bonchev–Trinajstić information content (AvgIpc) is 2.89. The lowest BCUT2D eigenvalue weighted by molar-refractivity contribution is 0.0753. The molecule has 1 N–H and O–H groups in total. The van der Waals surface area contributed by atoms with Crippen molar-refractivity contribution in [3.8, 4) is 0 Å². The molecule has 8 heteroatoms. The lowest BCUT2D eigenvalue weighted by Crippen LogP contribution is -2.34. The fraction of sp³-hybridized carbons (Fsp3) is 0.474. The highest BCUT2D eigenvalue weighted by Gasteiger charge is 2.22. The topological polar surface area (TPSA) is 83.4 Å². The first kappa shape index (κ1) is 18.9. The molecule has 3 heterocycles. The summed E-state index contributed by atoms with van der Waals surface area (Å²) in [6, 6.07) is 7.20. The predicted molar refractivity (Wildman–Crippen MR) is 105 cm³/mol. The summed E-state index contributed by atoms with van der Waals surface area (Å²) in [6.07, 6.45) is 4.60. The van der Waals surface area contributed by atoms with E-state index in [0.717, 1.165) is 30.8 Å². The van der Waals surface area contributed by atoms with Crippen LogP contribution in [0.3, 0.4) is 0 Å². The van der Waals surface area contributed by atoms with Crippen molar-refractivity contribution in [1.82, 2.24) is 19.7 Å². The second-order valence-corrected chi connectivity index (χ2v) is 7.04. The van der Waals surface area contributed by atoms with Gasteiger partial charge in [0, 0.05) is 46.3 Å². The number of aromatic nitrogens is 3. The fourth-order valence-electron chi connectivity index (χ4n) is 3.19. The van der Waals surface area contributed by atoms with E-state index >= 15 is 0 Å². The number of rotatable bonds is 4. The van der Waals surface area contributed by atoms with Crippen molar-refractivity contribution in [2.45, 2.75) is 25.3 Å². The molecule has 0 bridgehead atoms. The van der Waals surface area contributed by atoms with Crippen LogP contribution >= 0.6 is 0 Å². The van der Waals surface area contributed by atoms with Crippen LogP contribution in [0.2, 0.25) is 0 Å². The van der Waals surface area contributed by atoms with E-state index in [-0.39, 0.29) is 11.5 Å². The van der Waals surface area contributed by atoms with E-state index in [2.05, 4.69) is 15.4 Å². The van der Waals surface area contributed by atoms with E-state index in [0.29, 0.717) is 24.8 Å². The van der Waals surface area contributed by atoms with E-state index < -0.39 is 0 Å². The molecule has 0 aromatic carbocycles. The maximum Gasteiger partial charge on any atom is 0.274 e. The number of hydrogen-bond acceptors (Lipinski definition) is 6. The molecule has 27 heavy (non-hydrogen) atoms. The Balaban J connectivity index is 1.60. The SMILES string of the molecule is CN(C)c1ccc(NC2CCCN(C(=O)c3ccc(=O)n(C)n3)CC2)cn1. The number of nitrogens with one attached hydrogen (secondary N) is 1. The molecule has 2 aromatic rings. The summed E-state index contributed by atoms with van der Waals surface area (Å²) >= 11 is 0. The van der Waals surface area contributed by atoms with E-state index in [1.54, 1.807) is 7.05 Å². The highest BCUT2D eigenvalue weighted by Crippen LogP contribution is 2.19. The van der Waals surface area contributed by atoms with E-state index in [1.165, 1.54) is 16.8 Å². The minimum atomic E-state index is -0.222. The summed E-state index contributed by atoms with van der Waals surface area (Å²) in [6.45, 7) is 1.35. The van der Waals surface area contributed by atoms with Crippen LogP contribution in [0.4, 0.5) is 11.5 Å². The van der Waals surface area contributed by atoms with Gasteiger partial charge in [0.2, 0.25) is 0 Å². The van der Waals surface area contributed by atoms with E-state index in [1.807, 2.05) is 42.2 Å². The Morgan fingerprint density at radius 3 is 2.67 bits per heavy atom. The van der Waals surface area contributed by atoms with Gasteiger partial charge >= 0.3 is 0 Å². The minimum Gasteiger partial charge on any atom is -0.381 e. The molecule has 144 valence electrons. The van der Waals surface area contributed by atoms with Crippen molar-refractivity contribution in [2.24, 2.45) is 7.05 Å². The molecule has 1 amide bonds. The first-order valence-electron chi connectivity index (χ1n) is 9.17. The number of carbonyl (C=O) groups excluding carboxylic acids is 1. The van der Waals surface area contributed by atoms with Crippen LogP contribution in [-0.2, 0) is 7.05 Å². The Morgan fingerprint density at radius 1 is 1.19 bits per heavy atom. The Hall–Kier alpha value is -2.90. The standard InChI is InChI=1S/C19H26N6O2/c1-23(2)17-8-6-15(13-20-17)21-14-5-4-11-25(12-10-14)19(27)16-7-9-18(26)24(3)22-16/h6-9,13-14,21H,4-5,10-12H2,1-3H3. The molecule has 0 spiro atoms. The van der Waals surface area contributed by atoms with Crippen LogP contribution in [0.1, 0.15) is 29.8 Å². The smallest absolute Gasteiger partial charge is 0.274 e. The predicted octanol–water partition coefficient (Wildman–Crippen LogP) is 1.35. The zero-order valence-corrected chi connectivity index (χ0v) is 16.1. The molecular weight excluding hydrogens is 344 g/mol. The van der Waals surface area contributed by atoms with Crippen molar-refractivity contribution in [3.63, 3.8) is 0 Å². The van der Waals surface area contributed by atoms with Gasteiger partial charge < -0.3 is 15.1 Å². The van der Waals surface area contributed by atoms with E-state index in [4.69, 9.17) is 0 Å². The van der Waals surface area contributed by atoms with Gasteiger partial charge in [-0.05, 0) is 37.5 Å². The Bertz CT molecular complexity index is 846. The van der Waals surface area contributed by atoms with Gasteiger partial charge in [-0.25, -0.2) is 9.67 Å². The summed E-state index contributed by atoms with van der Waals surface area (Å²) < 4.78 is 1.19. The minimum absolute atomic E-state index is 0.122. The highest BCUT2D eigenvalue weighted by molar-refractivity contribution is 5.92. The lowest BCUT2D eigenvalue weighted by Gasteiger charge is -2.21. The Labute approximate surface area is 158 Å². The lowest BCUT2D eigenvalue weighted by atomic mass is 10.1. The summed E-state index contributed by atoms with van der Waals surface area (Å²) in [5.74, 6) is 0.797. The third-order valence-electron chi connectivity index (χ3n) is 4.77. The number of pyridine rings is 1. The van der Waals surface area contributed by atoms with Gasteiger partial charge in [-0.2, -0.15) is 5.10 Å². The first-order valence-corrected chi connectivity index (χ1v) is 9.17. The average molecular weight is 370 g/mol. The molecular formula is C19H26N6O2. The molecule has 1 aliphatic rings. The number of amides is 1. The van der Waals surface area contributed by atoms with Gasteiger partial charge in [0.15, 0.2) is 0 Å². The molecule has 0 radical (unpaired) electrons. The van der Waals surface area contributed by atoms with Gasteiger partial charge in [-0.15, -0.1) is 0 Å². The second-order valence-electron chi connectivity index (χ2n) is 7.04. The molecule has 0 saturated carbocycles. The second kappa shape index (κ2) is 8.20. The molecule has 8 nitrogen and oxygen atoms in total. The maximum absolute atomic E-state index is 12.7. The molecule has 3 rings (SSSR count). The Morgan fingerprint density at radius 2 is 2.00 bits per heavy atom. The summed E-state index contributed by atoms with van der Waals surface area (Å²) in [5.41, 5.74) is 1.08. The molecule has 1 atom stereocenters. The number of hydrogen-bond donors (Lipinski definition) is 1. The summed E-state index contributed by atoms with van der Waals surface area (Å²) in [4.78, 5) is 32.4. The number of carbonyl (C=O) groups is 1. The van der Waals surface area contributed by atoms with Gasteiger partial charge in [0.25, 0.3) is 11.5 Å². The third-order valence-corrected chi connectivity index (χ3v) is 4.77. The molecule has 2 aromatic heterocycles. The highest BCUT2D eigenvalue weighted by atomic mass is 16.2. The van der Waals surface area contributed by atoms with Gasteiger partial charge in [0.05, 0.1) is 11.9 Å². The molecule has 1 saturated heterocycles. The van der Waals surface area contributed by atoms with Crippen molar-refractivity contribution in [1.29, 1.82) is 0 Å². The van der Waals surface area contributed by atoms with Crippen molar-refractivity contribution in [2.75, 3.05) is 37.4 Å². The first-order chi connectivity index (χ1) is 12.9. The molecule has 1 fully saturated rings. The normalized spacial score (nSPS) is 17.3. The van der Waals surface area contributed by atoms with Crippen LogP contribution in [0.15, 0.2) is 35.3 Å². The van der Waals surface area contributed by atoms with Gasteiger partial charge in [0.1, 0.15) is 11.5 Å². The van der Waals surface area contributed by atoms with Crippen molar-refractivity contribution in [3.05, 3.63) is 46.5 Å². The summed E-state index contributed by atoms with van der Waals surface area (Å²) in [5, 5.41) is 7.60. The van der Waals surface area contributed by atoms with Gasteiger partial charge in [-0.3, -0.25) is 9.59 Å². The zero-order valence-electron chi connectivity index (χ0n) is 16.1. The number of likely N-dealkylation sites (tertiary alicyclic amines) is 1. The van der Waals surface area contributed by atoms with Crippen LogP contribution in [-0.4, -0.2) is 58.8 Å². The number of nitrogens with zero attached hydrogens (tertiary/aromatic N) is 5. The van der Waals surface area contributed by atoms with Crippen LogP contribution in [0.5, 0.6) is 0 Å². The van der Waals surface area contributed by atoms with Crippen LogP contribution < -0.4 is 15.8 Å². The zero-order chi connectivity index (χ0) is 19.4. The quantitative estimate of drug-likeness (QED) is 0.875. The van der Waals surface area contributed by atoms with Crippen molar-refractivity contribution < 1.29 is 4.79 Å². The maximum atomic E-state index is 12.7. The van der Waals surface area contributed by atoms with E-state index in [9.17, 15) is 9.59 Å². The monoisotopic (exact) mass is 370 g/mol. The number of anilines is 2. The van der Waals surface area contributed by atoms with Crippen LogP contribution in [0, 0.1) is 0 Å². The fourth-order valence-corrected chi connectivity index (χ4v) is 3.19. The van der Waals surface area contributed by atoms with Gasteiger partial charge in [-0.1, -0.05) is 0 Å². The Kier molecular flexibility index (Phi) is 5.73. The molecule has 1 aliphatic heterocycles. The van der Waals surface area contributed by atoms with Crippen molar-refractivity contribution >= 4 is 17.4 Å². The third kappa shape index (κ3) is 4.64. The molecule has 0 aliphatic carbocycles. The summed E-state index contributed by atoms with van der Waals surface area (Å²) in [7, 11) is 5.48. The molecule has 1 unspecified atom stereocenters.